The van der Waals surface area contributed by atoms with Crippen molar-refractivity contribution in [1.29, 1.82) is 0 Å². The van der Waals surface area contributed by atoms with E-state index in [-0.39, 0.29) is 49.0 Å². The number of rotatable bonds is 8. The predicted molar refractivity (Wildman–Crippen MR) is 186 cm³/mol. The molecule has 3 aromatic carbocycles. The van der Waals surface area contributed by atoms with Crippen LogP contribution in [0, 0.1) is 17.9 Å². The van der Waals surface area contributed by atoms with Crippen LogP contribution in [-0.2, 0) is 24.9 Å². The summed E-state index contributed by atoms with van der Waals surface area (Å²) in [7, 11) is 0. The van der Waals surface area contributed by atoms with Gasteiger partial charge in [0.2, 0.25) is 0 Å². The molecule has 0 fully saturated rings. The van der Waals surface area contributed by atoms with Crippen molar-refractivity contribution < 1.29 is 34.4 Å². The second-order valence-corrected chi connectivity index (χ2v) is 12.7. The van der Waals surface area contributed by atoms with E-state index in [1.54, 1.807) is 12.5 Å². The van der Waals surface area contributed by atoms with Crippen molar-refractivity contribution >= 4 is 50.3 Å². The molecule has 0 unspecified atom stereocenters. The number of hydrogen-bond donors (Lipinski definition) is 1. The van der Waals surface area contributed by atoms with Crippen LogP contribution in [-0.4, -0.2) is 26.4 Å². The first-order valence-electron chi connectivity index (χ1n) is 16.1. The monoisotopic (exact) mass is 795 g/mol. The van der Waals surface area contributed by atoms with Crippen LogP contribution < -0.4 is 4.90 Å². The molecule has 0 saturated carbocycles. The minimum atomic E-state index is -0.00889. The minimum absolute atomic E-state index is 0. The molecule has 1 aliphatic rings. The third-order valence-corrected chi connectivity index (χ3v) is 8.87. The maximum atomic E-state index is 11.7. The van der Waals surface area contributed by atoms with Crippen LogP contribution in [0.15, 0.2) is 77.4 Å². The number of aromatic nitrogens is 2. The first kappa shape index (κ1) is 35.1. The largest absolute Gasteiger partial charge is 0.512 e. The summed E-state index contributed by atoms with van der Waals surface area (Å²) >= 11 is 0. The average Bonchev–Trinajstić information content (AvgIpc) is 3.41. The third-order valence-electron chi connectivity index (χ3n) is 8.87. The second-order valence-electron chi connectivity index (χ2n) is 12.7. The number of aliphatic hydroxyl groups excluding tert-OH is 1. The number of carbonyl (C=O) groups excluding carboxylic acids is 1. The van der Waals surface area contributed by atoms with Gasteiger partial charge in [-0.2, -0.15) is 0 Å². The van der Waals surface area contributed by atoms with Gasteiger partial charge in [-0.05, 0) is 81.3 Å². The van der Waals surface area contributed by atoms with Gasteiger partial charge in [-0.25, -0.2) is 4.98 Å². The normalized spacial score (nSPS) is 13.0. The zero-order valence-electron chi connectivity index (χ0n) is 27.9. The maximum absolute atomic E-state index is 11.7. The minimum Gasteiger partial charge on any atom is -0.512 e. The van der Waals surface area contributed by atoms with E-state index in [9.17, 15) is 9.90 Å². The average molecular weight is 795 g/mol. The van der Waals surface area contributed by atoms with Crippen molar-refractivity contribution in [1.82, 2.24) is 9.97 Å². The van der Waals surface area contributed by atoms with Crippen LogP contribution in [0.5, 0.6) is 0 Å². The Hall–Kier alpha value is -3.80. The van der Waals surface area contributed by atoms with Crippen LogP contribution in [0.1, 0.15) is 79.7 Å². The molecule has 0 saturated heterocycles. The molecule has 6 nitrogen and oxygen atoms in total. The number of carbonyl (C=O) groups is 1. The van der Waals surface area contributed by atoms with Crippen LogP contribution in [0.3, 0.4) is 0 Å². The van der Waals surface area contributed by atoms with Crippen molar-refractivity contribution in [3.05, 3.63) is 84.7 Å². The molecule has 1 radical (unpaired) electrons. The number of fused-ring (bicyclic) bond motifs is 4. The van der Waals surface area contributed by atoms with Crippen LogP contribution in [0.4, 0.5) is 5.69 Å². The topological polar surface area (TPSA) is 79.5 Å². The first-order valence-corrected chi connectivity index (χ1v) is 16.1. The van der Waals surface area contributed by atoms with Gasteiger partial charge < -0.3 is 14.4 Å². The zero-order valence-corrected chi connectivity index (χ0v) is 30.2. The number of aliphatic hydroxyl groups is 1. The molecular formula is C39H44IrN3O3-. The second kappa shape index (κ2) is 14.7. The zero-order chi connectivity index (χ0) is 32.3. The van der Waals surface area contributed by atoms with E-state index in [2.05, 4.69) is 84.3 Å². The summed E-state index contributed by atoms with van der Waals surface area (Å²) in [6.07, 6.45) is 12.6. The molecule has 6 rings (SSSR count). The molecule has 0 atom stereocenters. The van der Waals surface area contributed by atoms with Gasteiger partial charge in [-0.15, -0.1) is 18.2 Å². The van der Waals surface area contributed by atoms with Crippen molar-refractivity contribution in [3.8, 4) is 11.3 Å². The van der Waals surface area contributed by atoms with Gasteiger partial charge in [0.25, 0.3) is 0 Å². The molecule has 3 heterocycles. The Labute approximate surface area is 286 Å². The van der Waals surface area contributed by atoms with Crippen LogP contribution in [0.25, 0.3) is 50.0 Å². The quantitative estimate of drug-likeness (QED) is 0.0957. The van der Waals surface area contributed by atoms with Crippen LogP contribution in [0.2, 0.25) is 0 Å². The molecule has 0 bridgehead atoms. The number of benzene rings is 3. The number of hydrogen-bond acceptors (Lipinski definition) is 6. The van der Waals surface area contributed by atoms with Gasteiger partial charge in [0.15, 0.2) is 5.78 Å². The Morgan fingerprint density at radius 3 is 2.37 bits per heavy atom. The Kier molecular flexibility index (Phi) is 11.2. The summed E-state index contributed by atoms with van der Waals surface area (Å²) in [5.74, 6) is 0.547. The fourth-order valence-corrected chi connectivity index (χ4v) is 6.29. The SMILES string of the molecule is CC(C)(C)N1C=Cc2c3c1cccc3cc1oc3c(-c4ccncn4)[c-]ccc3c21.CCC(CC)C(=O)/C=C(\O)C(CC)CC.[Ir]. The fourth-order valence-electron chi connectivity index (χ4n) is 6.29. The Balaban J connectivity index is 0.000000259. The van der Waals surface area contributed by atoms with Gasteiger partial charge in [-0.3, -0.25) is 9.78 Å². The standard InChI is InChI=1S/C26H20N3O.C13H24O2.Ir/c1-26(2,3)29-13-11-18-23-16(6-4-9-21(23)29)14-22-24(18)19-8-5-7-17(25(19)30-22)20-10-12-27-15-28-20;1-5-10(6-2)12(14)9-13(15)11(7-3)8-4;/h4-6,8-15H,1-3H3;9-11,14H,5-8H2,1-4H3;/q-1;;/b;12-9-;. The number of ketones is 1. The Morgan fingerprint density at radius 2 is 1.74 bits per heavy atom. The van der Waals surface area contributed by atoms with Gasteiger partial charge in [0, 0.05) is 72.4 Å². The Morgan fingerprint density at radius 1 is 1.02 bits per heavy atom. The van der Waals surface area contributed by atoms with Crippen LogP contribution >= 0.6 is 0 Å². The molecule has 1 aliphatic heterocycles. The maximum Gasteiger partial charge on any atom is 0.162 e. The molecule has 5 aromatic rings. The molecule has 0 spiro atoms. The number of anilines is 1. The Bertz CT molecular complexity index is 1880. The third kappa shape index (κ3) is 6.82. The molecule has 0 amide bonds. The van der Waals surface area contributed by atoms with Crippen molar-refractivity contribution in [2.75, 3.05) is 4.90 Å². The smallest absolute Gasteiger partial charge is 0.162 e. The molecule has 0 aliphatic carbocycles. The molecule has 46 heavy (non-hydrogen) atoms. The van der Waals surface area contributed by atoms with E-state index in [1.165, 1.54) is 28.1 Å². The number of furan rings is 1. The summed E-state index contributed by atoms with van der Waals surface area (Å²) in [5.41, 5.74) is 5.79. The van der Waals surface area contributed by atoms with Gasteiger partial charge in [0.1, 0.15) is 11.9 Å². The molecule has 1 N–H and O–H groups in total. The summed E-state index contributed by atoms with van der Waals surface area (Å²) in [6.45, 7) is 14.8. The summed E-state index contributed by atoms with van der Waals surface area (Å²) < 4.78 is 6.41. The molecular weight excluding hydrogens is 751 g/mol. The van der Waals surface area contributed by atoms with E-state index < -0.39 is 0 Å². The van der Waals surface area contributed by atoms with E-state index in [0.717, 1.165) is 58.9 Å². The van der Waals surface area contributed by atoms with Gasteiger partial charge in [0.05, 0.1) is 11.3 Å². The van der Waals surface area contributed by atoms with Gasteiger partial charge >= 0.3 is 0 Å². The summed E-state index contributed by atoms with van der Waals surface area (Å²) in [6, 6.07) is 17.9. The number of allylic oxidation sites excluding steroid dienone is 2. The molecule has 7 heteroatoms. The fraction of sp³-hybridized carbons (Fsp3) is 0.359. The van der Waals surface area contributed by atoms with E-state index in [0.29, 0.717) is 0 Å². The summed E-state index contributed by atoms with van der Waals surface area (Å²) in [4.78, 5) is 22.5. The first-order chi connectivity index (χ1) is 21.6. The molecule has 2 aromatic heterocycles. The molecule has 243 valence electrons. The van der Waals surface area contributed by atoms with Crippen molar-refractivity contribution in [2.45, 2.75) is 79.7 Å². The predicted octanol–water partition coefficient (Wildman–Crippen LogP) is 10.5. The number of nitrogens with zero attached hydrogens (tertiary/aromatic N) is 3. The summed E-state index contributed by atoms with van der Waals surface area (Å²) in [5, 5.41) is 14.4. The van der Waals surface area contributed by atoms with E-state index in [4.69, 9.17) is 4.42 Å². The van der Waals surface area contributed by atoms with Crippen molar-refractivity contribution in [2.24, 2.45) is 11.8 Å². The van der Waals surface area contributed by atoms with Gasteiger partial charge in [-0.1, -0.05) is 56.8 Å². The van der Waals surface area contributed by atoms with Crippen molar-refractivity contribution in [3.63, 3.8) is 0 Å². The van der Waals surface area contributed by atoms with E-state index >= 15 is 0 Å². The van der Waals surface area contributed by atoms with E-state index in [1.807, 2.05) is 39.8 Å².